The summed E-state index contributed by atoms with van der Waals surface area (Å²) in [6.45, 7) is 6.60. The van der Waals surface area contributed by atoms with E-state index in [4.69, 9.17) is 0 Å². The summed E-state index contributed by atoms with van der Waals surface area (Å²) >= 11 is 0. The fourth-order valence-corrected chi connectivity index (χ4v) is 2.67. The van der Waals surface area contributed by atoms with Gasteiger partial charge in [0.25, 0.3) is 0 Å². The smallest absolute Gasteiger partial charge is 0.321 e. The van der Waals surface area contributed by atoms with Crippen LogP contribution in [0.25, 0.3) is 0 Å². The third-order valence-electron chi connectivity index (χ3n) is 3.86. The van der Waals surface area contributed by atoms with Crippen LogP contribution in [0.1, 0.15) is 25.5 Å². The Morgan fingerprint density at radius 1 is 1.42 bits per heavy atom. The highest BCUT2D eigenvalue weighted by Gasteiger charge is 2.26. The van der Waals surface area contributed by atoms with E-state index in [0.717, 1.165) is 12.1 Å². The number of rotatable bonds is 5. The number of hydrogen-bond acceptors (Lipinski definition) is 4. The first-order valence-electron chi connectivity index (χ1n) is 8.23. The molecule has 0 bridgehead atoms. The third-order valence-corrected chi connectivity index (χ3v) is 3.86. The van der Waals surface area contributed by atoms with E-state index in [1.54, 1.807) is 6.07 Å². The first-order chi connectivity index (χ1) is 11.5. The quantitative estimate of drug-likeness (QED) is 0.757. The molecule has 1 unspecified atom stereocenters. The molecule has 1 saturated heterocycles. The lowest BCUT2D eigenvalue weighted by molar-refractivity contribution is -0.122. The summed E-state index contributed by atoms with van der Waals surface area (Å²) < 4.78 is 13.5. The van der Waals surface area contributed by atoms with E-state index in [2.05, 4.69) is 16.0 Å². The van der Waals surface area contributed by atoms with Crippen molar-refractivity contribution in [2.24, 2.45) is 5.92 Å². The Hall–Kier alpha value is -1.99. The van der Waals surface area contributed by atoms with Crippen LogP contribution in [0.4, 0.5) is 9.18 Å². The zero-order chi connectivity index (χ0) is 17.5. The number of piperazine rings is 1. The lowest BCUT2D eigenvalue weighted by Gasteiger charge is -2.35. The first-order valence-corrected chi connectivity index (χ1v) is 8.23. The molecular formula is C17H25FN4O2. The van der Waals surface area contributed by atoms with Crippen LogP contribution in [0, 0.1) is 11.7 Å². The Balaban J connectivity index is 1.93. The van der Waals surface area contributed by atoms with Gasteiger partial charge in [-0.2, -0.15) is 0 Å². The summed E-state index contributed by atoms with van der Waals surface area (Å²) in [7, 11) is 0. The molecule has 1 atom stereocenters. The molecule has 1 fully saturated rings. The number of urea groups is 1. The molecule has 2 rings (SSSR count). The molecule has 0 spiro atoms. The molecule has 0 saturated carbocycles. The normalized spacial score (nSPS) is 18.4. The van der Waals surface area contributed by atoms with Crippen LogP contribution >= 0.6 is 0 Å². The van der Waals surface area contributed by atoms with Crippen molar-refractivity contribution in [1.82, 2.24) is 20.9 Å². The van der Waals surface area contributed by atoms with Crippen LogP contribution in [0.5, 0.6) is 0 Å². The van der Waals surface area contributed by atoms with Gasteiger partial charge in [0.15, 0.2) is 0 Å². The summed E-state index contributed by atoms with van der Waals surface area (Å²) in [6, 6.07) is 5.82. The lowest BCUT2D eigenvalue weighted by Crippen LogP contribution is -2.51. The molecule has 24 heavy (non-hydrogen) atoms. The number of carbonyl (C=O) groups excluding carboxylic acids is 2. The number of halogens is 1. The van der Waals surface area contributed by atoms with Gasteiger partial charge in [-0.25, -0.2) is 9.18 Å². The van der Waals surface area contributed by atoms with Gasteiger partial charge in [0.1, 0.15) is 5.82 Å². The van der Waals surface area contributed by atoms with E-state index in [-0.39, 0.29) is 24.3 Å². The maximum atomic E-state index is 13.5. The fourth-order valence-electron chi connectivity index (χ4n) is 2.67. The van der Waals surface area contributed by atoms with Gasteiger partial charge in [-0.05, 0) is 23.6 Å². The monoisotopic (exact) mass is 336 g/mol. The van der Waals surface area contributed by atoms with E-state index >= 15 is 0 Å². The molecule has 1 heterocycles. The van der Waals surface area contributed by atoms with Gasteiger partial charge < -0.3 is 10.6 Å². The Morgan fingerprint density at radius 2 is 2.21 bits per heavy atom. The second kappa shape index (κ2) is 8.75. The average Bonchev–Trinajstić information content (AvgIpc) is 2.53. The summed E-state index contributed by atoms with van der Waals surface area (Å²) in [5.74, 6) is -0.341. The predicted octanol–water partition coefficient (Wildman–Crippen LogP) is 1.25. The Morgan fingerprint density at radius 3 is 2.92 bits per heavy atom. The second-order valence-corrected chi connectivity index (χ2v) is 6.40. The van der Waals surface area contributed by atoms with Crippen LogP contribution in [-0.2, 0) is 4.79 Å². The number of amides is 3. The number of carbonyl (C=O) groups is 2. The van der Waals surface area contributed by atoms with Gasteiger partial charge in [-0.1, -0.05) is 26.0 Å². The Bertz CT molecular complexity index is 579. The highest BCUT2D eigenvalue weighted by molar-refractivity contribution is 5.95. The van der Waals surface area contributed by atoms with E-state index < -0.39 is 6.03 Å². The molecule has 0 aliphatic carbocycles. The molecule has 132 valence electrons. The van der Waals surface area contributed by atoms with Gasteiger partial charge in [-0.3, -0.25) is 15.0 Å². The molecule has 3 N–H and O–H groups in total. The second-order valence-electron chi connectivity index (χ2n) is 6.40. The van der Waals surface area contributed by atoms with E-state index in [0.29, 0.717) is 25.6 Å². The van der Waals surface area contributed by atoms with Crippen LogP contribution in [-0.4, -0.2) is 49.6 Å². The maximum Gasteiger partial charge on any atom is 0.321 e. The van der Waals surface area contributed by atoms with Gasteiger partial charge >= 0.3 is 6.03 Å². The van der Waals surface area contributed by atoms with Crippen molar-refractivity contribution in [3.63, 3.8) is 0 Å². The summed E-state index contributed by atoms with van der Waals surface area (Å²) in [5, 5.41) is 8.24. The SMILES string of the molecule is CC(C)CNC(=O)NC(=O)CN1CCNCC1c1cccc(F)c1. The maximum absolute atomic E-state index is 13.5. The summed E-state index contributed by atoms with van der Waals surface area (Å²) in [6.07, 6.45) is 0. The number of imide groups is 1. The lowest BCUT2D eigenvalue weighted by atomic mass is 10.0. The molecule has 3 amide bonds. The minimum Gasteiger partial charge on any atom is -0.338 e. The third kappa shape index (κ3) is 5.58. The zero-order valence-corrected chi connectivity index (χ0v) is 14.1. The molecule has 1 aliphatic rings. The van der Waals surface area contributed by atoms with Crippen molar-refractivity contribution < 1.29 is 14.0 Å². The fraction of sp³-hybridized carbons (Fsp3) is 0.529. The summed E-state index contributed by atoms with van der Waals surface area (Å²) in [4.78, 5) is 25.7. The van der Waals surface area contributed by atoms with Crippen molar-refractivity contribution in [1.29, 1.82) is 0 Å². The molecule has 1 aromatic rings. The molecule has 1 aliphatic heterocycles. The summed E-state index contributed by atoms with van der Waals surface area (Å²) in [5.41, 5.74) is 0.819. The topological polar surface area (TPSA) is 73.5 Å². The van der Waals surface area contributed by atoms with E-state index in [1.165, 1.54) is 12.1 Å². The average molecular weight is 336 g/mol. The number of benzene rings is 1. The van der Waals surface area contributed by atoms with Gasteiger partial charge in [-0.15, -0.1) is 0 Å². The number of nitrogens with one attached hydrogen (secondary N) is 3. The first kappa shape index (κ1) is 18.4. The van der Waals surface area contributed by atoms with Crippen LogP contribution in [0.15, 0.2) is 24.3 Å². The highest BCUT2D eigenvalue weighted by Crippen LogP contribution is 2.22. The van der Waals surface area contributed by atoms with Gasteiger partial charge in [0.2, 0.25) is 5.91 Å². The van der Waals surface area contributed by atoms with Crippen LogP contribution < -0.4 is 16.0 Å². The van der Waals surface area contributed by atoms with Crippen molar-refractivity contribution in [3.8, 4) is 0 Å². The van der Waals surface area contributed by atoms with Crippen molar-refractivity contribution >= 4 is 11.9 Å². The van der Waals surface area contributed by atoms with Gasteiger partial charge in [0.05, 0.1) is 6.54 Å². The molecule has 7 heteroatoms. The zero-order valence-electron chi connectivity index (χ0n) is 14.1. The number of nitrogens with zero attached hydrogens (tertiary/aromatic N) is 1. The molecule has 0 aromatic heterocycles. The van der Waals surface area contributed by atoms with Crippen LogP contribution in [0.3, 0.4) is 0 Å². The Kier molecular flexibility index (Phi) is 6.69. The molecule has 1 aromatic carbocycles. The van der Waals surface area contributed by atoms with E-state index in [9.17, 15) is 14.0 Å². The largest absolute Gasteiger partial charge is 0.338 e. The molecule has 6 nitrogen and oxygen atoms in total. The molecule has 0 radical (unpaired) electrons. The Labute approximate surface area is 141 Å². The number of hydrogen-bond donors (Lipinski definition) is 3. The van der Waals surface area contributed by atoms with Crippen molar-refractivity contribution in [3.05, 3.63) is 35.6 Å². The van der Waals surface area contributed by atoms with Crippen molar-refractivity contribution in [2.75, 3.05) is 32.7 Å². The highest BCUT2D eigenvalue weighted by atomic mass is 19.1. The predicted molar refractivity (Wildman–Crippen MR) is 90.0 cm³/mol. The van der Waals surface area contributed by atoms with Crippen molar-refractivity contribution in [2.45, 2.75) is 19.9 Å². The minimum atomic E-state index is -0.480. The van der Waals surface area contributed by atoms with Crippen LogP contribution in [0.2, 0.25) is 0 Å². The molecular weight excluding hydrogens is 311 g/mol. The standard InChI is InChI=1S/C17H25FN4O2/c1-12(2)9-20-17(24)21-16(23)11-22-7-6-19-10-15(22)13-4-3-5-14(18)8-13/h3-5,8,12,15,19H,6-7,9-11H2,1-2H3,(H2,20,21,23,24). The van der Waals surface area contributed by atoms with Gasteiger partial charge in [0, 0.05) is 32.2 Å². The minimum absolute atomic E-state index is 0.0952. The van der Waals surface area contributed by atoms with E-state index in [1.807, 2.05) is 24.8 Å².